The maximum atomic E-state index is 5.51. The monoisotopic (exact) mass is 176 g/mol. The minimum atomic E-state index is 0.444. The van der Waals surface area contributed by atoms with Gasteiger partial charge in [-0.2, -0.15) is 4.98 Å². The van der Waals surface area contributed by atoms with Gasteiger partial charge in [0.15, 0.2) is 0 Å². The van der Waals surface area contributed by atoms with Crippen LogP contribution in [-0.2, 0) is 0 Å². The first-order valence-electron chi connectivity index (χ1n) is 3.79. The molecule has 0 bridgehead atoms. The van der Waals surface area contributed by atoms with Crippen molar-refractivity contribution in [3.05, 3.63) is 24.1 Å². The molecule has 0 spiro atoms. The number of nitrogens with two attached hydrogens (primary N) is 1. The average Bonchev–Trinajstić information content (AvgIpc) is 2.52. The Hall–Kier alpha value is -1.91. The Balaban J connectivity index is 2.46. The summed E-state index contributed by atoms with van der Waals surface area (Å²) in [4.78, 5) is 8.08. The van der Waals surface area contributed by atoms with Crippen LogP contribution in [0.1, 0.15) is 5.89 Å². The van der Waals surface area contributed by atoms with E-state index in [9.17, 15) is 0 Å². The van der Waals surface area contributed by atoms with Crippen LogP contribution in [0.5, 0.6) is 0 Å². The zero-order valence-electron chi connectivity index (χ0n) is 7.06. The number of aryl methyl sites for hydroxylation is 1. The second kappa shape index (κ2) is 2.85. The summed E-state index contributed by atoms with van der Waals surface area (Å²) in [6.07, 6.45) is 0. The lowest BCUT2D eigenvalue weighted by atomic mass is 10.3. The van der Waals surface area contributed by atoms with Gasteiger partial charge in [-0.3, -0.25) is 0 Å². The molecule has 2 aromatic rings. The molecular weight excluding hydrogens is 168 g/mol. The van der Waals surface area contributed by atoms with Gasteiger partial charge in [0, 0.05) is 6.92 Å². The highest BCUT2D eigenvalue weighted by Gasteiger charge is 2.06. The summed E-state index contributed by atoms with van der Waals surface area (Å²) >= 11 is 0. The van der Waals surface area contributed by atoms with Gasteiger partial charge in [-0.15, -0.1) is 0 Å². The van der Waals surface area contributed by atoms with Crippen molar-refractivity contribution in [1.29, 1.82) is 0 Å². The minimum Gasteiger partial charge on any atom is -0.384 e. The van der Waals surface area contributed by atoms with E-state index in [0.717, 1.165) is 0 Å². The van der Waals surface area contributed by atoms with E-state index >= 15 is 0 Å². The zero-order valence-corrected chi connectivity index (χ0v) is 7.06. The number of aromatic nitrogens is 3. The van der Waals surface area contributed by atoms with Crippen LogP contribution in [0.2, 0.25) is 0 Å². The van der Waals surface area contributed by atoms with Gasteiger partial charge in [0.1, 0.15) is 11.5 Å². The van der Waals surface area contributed by atoms with Crippen molar-refractivity contribution in [3.8, 4) is 11.5 Å². The Kier molecular flexibility index (Phi) is 1.70. The molecule has 0 aliphatic carbocycles. The maximum absolute atomic E-state index is 5.51. The first-order chi connectivity index (χ1) is 6.25. The predicted octanol–water partition coefficient (Wildman–Crippen LogP) is 1.02. The number of anilines is 1. The number of pyridine rings is 1. The Labute approximate surface area is 74.6 Å². The fraction of sp³-hybridized carbons (Fsp3) is 0.125. The molecular formula is C8H8N4O. The van der Waals surface area contributed by atoms with Crippen molar-refractivity contribution in [2.45, 2.75) is 6.92 Å². The second-order valence-electron chi connectivity index (χ2n) is 2.58. The number of hydrogen-bond acceptors (Lipinski definition) is 5. The van der Waals surface area contributed by atoms with Crippen molar-refractivity contribution in [3.63, 3.8) is 0 Å². The van der Waals surface area contributed by atoms with E-state index in [-0.39, 0.29) is 0 Å². The molecule has 5 nitrogen and oxygen atoms in total. The van der Waals surface area contributed by atoms with Gasteiger partial charge in [0.2, 0.25) is 11.7 Å². The highest BCUT2D eigenvalue weighted by Crippen LogP contribution is 2.13. The Morgan fingerprint density at radius 2 is 2.15 bits per heavy atom. The van der Waals surface area contributed by atoms with Crippen molar-refractivity contribution < 1.29 is 4.52 Å². The topological polar surface area (TPSA) is 77.8 Å². The lowest BCUT2D eigenvalue weighted by Gasteiger charge is -1.93. The molecule has 2 N–H and O–H groups in total. The molecule has 0 fully saturated rings. The van der Waals surface area contributed by atoms with Crippen LogP contribution in [0.3, 0.4) is 0 Å². The molecule has 66 valence electrons. The fourth-order valence-corrected chi connectivity index (χ4v) is 0.979. The van der Waals surface area contributed by atoms with E-state index in [1.54, 1.807) is 25.1 Å². The normalized spacial score (nSPS) is 10.2. The summed E-state index contributed by atoms with van der Waals surface area (Å²) in [6.45, 7) is 1.72. The third-order valence-corrected chi connectivity index (χ3v) is 1.53. The van der Waals surface area contributed by atoms with Crippen LogP contribution < -0.4 is 5.73 Å². The summed E-state index contributed by atoms with van der Waals surface area (Å²) in [5.74, 6) is 1.42. The van der Waals surface area contributed by atoms with Crippen molar-refractivity contribution in [2.75, 3.05) is 5.73 Å². The molecule has 0 aliphatic rings. The highest BCUT2D eigenvalue weighted by molar-refractivity contribution is 5.51. The van der Waals surface area contributed by atoms with Gasteiger partial charge in [-0.25, -0.2) is 4.98 Å². The zero-order chi connectivity index (χ0) is 9.26. The van der Waals surface area contributed by atoms with Crippen molar-refractivity contribution in [2.24, 2.45) is 0 Å². The molecule has 0 aromatic carbocycles. The molecule has 0 aliphatic heterocycles. The molecule has 0 atom stereocenters. The lowest BCUT2D eigenvalue weighted by Crippen LogP contribution is -1.92. The molecule has 2 heterocycles. The minimum absolute atomic E-state index is 0.444. The Bertz CT molecular complexity index is 424. The number of rotatable bonds is 1. The quantitative estimate of drug-likeness (QED) is 0.701. The van der Waals surface area contributed by atoms with Gasteiger partial charge in [0.05, 0.1) is 0 Å². The SMILES string of the molecule is Cc1nc(-c2cccc(N)n2)no1. The van der Waals surface area contributed by atoms with Crippen molar-refractivity contribution >= 4 is 5.82 Å². The molecule has 0 unspecified atom stereocenters. The molecule has 0 radical (unpaired) electrons. The van der Waals surface area contributed by atoms with E-state index in [4.69, 9.17) is 10.3 Å². The number of nitrogens with zero attached hydrogens (tertiary/aromatic N) is 3. The molecule has 0 saturated carbocycles. The smallest absolute Gasteiger partial charge is 0.223 e. The Morgan fingerprint density at radius 1 is 1.31 bits per heavy atom. The molecule has 13 heavy (non-hydrogen) atoms. The lowest BCUT2D eigenvalue weighted by molar-refractivity contribution is 0.394. The van der Waals surface area contributed by atoms with Crippen LogP contribution >= 0.6 is 0 Å². The third-order valence-electron chi connectivity index (χ3n) is 1.53. The standard InChI is InChI=1S/C8H8N4O/c1-5-10-8(12-13-5)6-3-2-4-7(9)11-6/h2-4H,1H3,(H2,9,11). The molecule has 0 saturated heterocycles. The second-order valence-corrected chi connectivity index (χ2v) is 2.58. The van der Waals surface area contributed by atoms with Crippen LogP contribution in [0.15, 0.2) is 22.7 Å². The number of hydrogen-bond donors (Lipinski definition) is 1. The summed E-state index contributed by atoms with van der Waals surface area (Å²) in [6, 6.07) is 5.28. The van der Waals surface area contributed by atoms with Gasteiger partial charge in [-0.1, -0.05) is 11.2 Å². The molecule has 0 amide bonds. The van der Waals surface area contributed by atoms with E-state index in [0.29, 0.717) is 23.2 Å². The van der Waals surface area contributed by atoms with E-state index < -0.39 is 0 Å². The van der Waals surface area contributed by atoms with Gasteiger partial charge >= 0.3 is 0 Å². The highest BCUT2D eigenvalue weighted by atomic mass is 16.5. The molecule has 2 rings (SSSR count). The largest absolute Gasteiger partial charge is 0.384 e. The number of nitrogen functional groups attached to an aromatic ring is 1. The summed E-state index contributed by atoms with van der Waals surface area (Å²) in [5, 5.41) is 3.72. The van der Waals surface area contributed by atoms with Crippen molar-refractivity contribution in [1.82, 2.24) is 15.1 Å². The maximum Gasteiger partial charge on any atom is 0.223 e. The molecule has 2 aromatic heterocycles. The summed E-state index contributed by atoms with van der Waals surface area (Å²) in [7, 11) is 0. The van der Waals surface area contributed by atoms with E-state index in [1.165, 1.54) is 0 Å². The van der Waals surface area contributed by atoms with Crippen LogP contribution in [0, 0.1) is 6.92 Å². The average molecular weight is 176 g/mol. The van der Waals surface area contributed by atoms with Gasteiger partial charge in [-0.05, 0) is 12.1 Å². The Morgan fingerprint density at radius 3 is 2.77 bits per heavy atom. The molecule has 5 heteroatoms. The first-order valence-corrected chi connectivity index (χ1v) is 3.79. The van der Waals surface area contributed by atoms with Crippen LogP contribution in [0.25, 0.3) is 11.5 Å². The predicted molar refractivity (Wildman–Crippen MR) is 46.7 cm³/mol. The summed E-state index contributed by atoms with van der Waals surface area (Å²) in [5.41, 5.74) is 6.13. The fourth-order valence-electron chi connectivity index (χ4n) is 0.979. The van der Waals surface area contributed by atoms with Crippen LogP contribution in [0.4, 0.5) is 5.82 Å². The summed E-state index contributed by atoms with van der Waals surface area (Å²) < 4.78 is 4.82. The van der Waals surface area contributed by atoms with Crippen LogP contribution in [-0.4, -0.2) is 15.1 Å². The van der Waals surface area contributed by atoms with E-state index in [1.807, 2.05) is 0 Å². The van der Waals surface area contributed by atoms with Gasteiger partial charge < -0.3 is 10.3 Å². The first kappa shape index (κ1) is 7.72. The third kappa shape index (κ3) is 1.48. The van der Waals surface area contributed by atoms with E-state index in [2.05, 4.69) is 15.1 Å². The van der Waals surface area contributed by atoms with Gasteiger partial charge in [0.25, 0.3) is 0 Å².